The summed E-state index contributed by atoms with van der Waals surface area (Å²) >= 11 is 7.30. The number of imide groups is 1. The van der Waals surface area contributed by atoms with Crippen molar-refractivity contribution in [3.8, 4) is 0 Å². The Hall–Kier alpha value is -3.12. The third-order valence-corrected chi connectivity index (χ3v) is 7.59. The first-order valence-corrected chi connectivity index (χ1v) is 10.5. The first-order valence-electron chi connectivity index (χ1n) is 10.2. The second-order valence-electron chi connectivity index (χ2n) is 8.43. The second-order valence-corrected chi connectivity index (χ2v) is 9.02. The molecule has 0 saturated carbocycles. The molecule has 1 fully saturated rings. The fourth-order valence-corrected chi connectivity index (χ4v) is 6.33. The number of rotatable bonds is 1. The van der Waals surface area contributed by atoms with E-state index in [-0.39, 0.29) is 11.6 Å². The van der Waals surface area contributed by atoms with Gasteiger partial charge in [0.15, 0.2) is 0 Å². The fraction of sp³-hybridized carbons (Fsp3) is 0.200. The van der Waals surface area contributed by atoms with Gasteiger partial charge in [-0.1, -0.05) is 54.6 Å². The largest absolute Gasteiger partial charge is 0.416 e. The molecule has 0 radical (unpaired) electrons. The van der Waals surface area contributed by atoms with Gasteiger partial charge in [0.2, 0.25) is 11.8 Å². The van der Waals surface area contributed by atoms with Crippen molar-refractivity contribution in [2.24, 2.45) is 11.8 Å². The van der Waals surface area contributed by atoms with Gasteiger partial charge in [0, 0.05) is 5.92 Å². The number of anilines is 1. The molecular weight excluding hydrogens is 439 g/mol. The molecule has 0 spiro atoms. The summed E-state index contributed by atoms with van der Waals surface area (Å²) < 4.78 is 39.9. The van der Waals surface area contributed by atoms with Crippen LogP contribution in [0.4, 0.5) is 18.9 Å². The number of carbonyl (C=O) groups excluding carboxylic acids is 2. The highest BCUT2D eigenvalue weighted by Crippen LogP contribution is 2.65. The molecule has 1 heterocycles. The van der Waals surface area contributed by atoms with Crippen LogP contribution in [-0.2, 0) is 20.6 Å². The number of carbonyl (C=O) groups is 2. The van der Waals surface area contributed by atoms with E-state index >= 15 is 0 Å². The maximum absolute atomic E-state index is 13.7. The third-order valence-electron chi connectivity index (χ3n) is 6.95. The van der Waals surface area contributed by atoms with E-state index < -0.39 is 40.3 Å². The number of benzene rings is 3. The Kier molecular flexibility index (Phi) is 3.81. The minimum atomic E-state index is -4.59. The van der Waals surface area contributed by atoms with Gasteiger partial charge in [0.05, 0.1) is 23.1 Å². The Balaban J connectivity index is 1.56. The van der Waals surface area contributed by atoms with Crippen LogP contribution in [0.25, 0.3) is 0 Å². The summed E-state index contributed by atoms with van der Waals surface area (Å²) in [5, 5.41) is 0. The summed E-state index contributed by atoms with van der Waals surface area (Å²) in [5.74, 6) is -3.15. The summed E-state index contributed by atoms with van der Waals surface area (Å²) in [6.07, 6.45) is -4.59. The molecule has 0 N–H and O–H groups in total. The number of halogens is 4. The highest BCUT2D eigenvalue weighted by atomic mass is 35.5. The van der Waals surface area contributed by atoms with Crippen molar-refractivity contribution in [2.45, 2.75) is 17.0 Å². The van der Waals surface area contributed by atoms with Crippen molar-refractivity contribution in [3.05, 3.63) is 101 Å². The van der Waals surface area contributed by atoms with Crippen molar-refractivity contribution in [1.29, 1.82) is 0 Å². The van der Waals surface area contributed by atoms with Gasteiger partial charge in [0.1, 0.15) is 4.87 Å². The maximum atomic E-state index is 13.7. The number of nitrogens with zero attached hydrogens (tertiary/aromatic N) is 1. The number of hydrogen-bond donors (Lipinski definition) is 0. The zero-order chi connectivity index (χ0) is 22.4. The van der Waals surface area contributed by atoms with Crippen LogP contribution < -0.4 is 4.90 Å². The van der Waals surface area contributed by atoms with Gasteiger partial charge in [-0.2, -0.15) is 13.2 Å². The minimum Gasteiger partial charge on any atom is -0.274 e. The van der Waals surface area contributed by atoms with Gasteiger partial charge in [-0.3, -0.25) is 9.59 Å². The third kappa shape index (κ3) is 2.28. The van der Waals surface area contributed by atoms with Crippen molar-refractivity contribution in [1.82, 2.24) is 0 Å². The molecule has 7 rings (SSSR count). The van der Waals surface area contributed by atoms with Gasteiger partial charge < -0.3 is 0 Å². The number of hydrogen-bond acceptors (Lipinski definition) is 2. The van der Waals surface area contributed by atoms with Crippen molar-refractivity contribution in [3.63, 3.8) is 0 Å². The molecule has 3 aromatic rings. The molecule has 3 aliphatic carbocycles. The van der Waals surface area contributed by atoms with Crippen LogP contribution in [0.3, 0.4) is 0 Å². The van der Waals surface area contributed by atoms with E-state index in [9.17, 15) is 22.8 Å². The average Bonchev–Trinajstić information content (AvgIpc) is 3.05. The van der Waals surface area contributed by atoms with Crippen LogP contribution in [-0.4, -0.2) is 11.8 Å². The van der Waals surface area contributed by atoms with Crippen LogP contribution >= 0.6 is 11.6 Å². The zero-order valence-corrected chi connectivity index (χ0v) is 17.2. The van der Waals surface area contributed by atoms with E-state index in [1.165, 1.54) is 12.1 Å². The van der Waals surface area contributed by atoms with Crippen molar-refractivity contribution in [2.75, 3.05) is 4.90 Å². The van der Waals surface area contributed by atoms with Crippen LogP contribution in [0, 0.1) is 11.8 Å². The molecule has 1 aliphatic heterocycles. The monoisotopic (exact) mass is 453 g/mol. The Morgan fingerprint density at radius 3 is 2.00 bits per heavy atom. The standard InChI is InChI=1S/C25H15ClF3NO2/c26-24-17-10-3-1-8-15(17)19(16-9-2-4-11-18(16)24)20-21(24)23(32)30(22(20)31)14-7-5-6-13(12-14)25(27,28)29/h1-12,19-21H/t19?,20-,21-,24?/m1/s1. The molecule has 7 heteroatoms. The van der Waals surface area contributed by atoms with E-state index in [1.807, 2.05) is 48.5 Å². The first kappa shape index (κ1) is 19.6. The smallest absolute Gasteiger partial charge is 0.274 e. The maximum Gasteiger partial charge on any atom is 0.416 e. The lowest BCUT2D eigenvalue weighted by atomic mass is 9.54. The molecule has 2 bridgehead atoms. The molecule has 2 atom stereocenters. The van der Waals surface area contributed by atoms with Crippen LogP contribution in [0.15, 0.2) is 72.8 Å². The van der Waals surface area contributed by atoms with Gasteiger partial charge >= 0.3 is 6.18 Å². The molecular formula is C25H15ClF3NO2. The Bertz CT molecular complexity index is 1270. The number of alkyl halides is 4. The molecule has 0 unspecified atom stereocenters. The summed E-state index contributed by atoms with van der Waals surface area (Å²) in [6.45, 7) is 0. The van der Waals surface area contributed by atoms with E-state index in [2.05, 4.69) is 0 Å². The van der Waals surface area contributed by atoms with Gasteiger partial charge in [-0.15, -0.1) is 11.6 Å². The summed E-state index contributed by atoms with van der Waals surface area (Å²) in [4.78, 5) is 26.9. The molecule has 3 nitrogen and oxygen atoms in total. The quantitative estimate of drug-likeness (QED) is 0.363. The zero-order valence-electron chi connectivity index (χ0n) is 16.4. The van der Waals surface area contributed by atoms with E-state index in [0.717, 1.165) is 39.3 Å². The van der Waals surface area contributed by atoms with Crippen molar-refractivity contribution >= 4 is 29.1 Å². The van der Waals surface area contributed by atoms with Gasteiger partial charge in [-0.05, 0) is 40.5 Å². The highest BCUT2D eigenvalue weighted by molar-refractivity contribution is 6.33. The summed E-state index contributed by atoms with van der Waals surface area (Å²) in [6, 6.07) is 19.3. The first-order chi connectivity index (χ1) is 15.2. The molecule has 160 valence electrons. The lowest BCUT2D eigenvalue weighted by Gasteiger charge is -2.50. The summed E-state index contributed by atoms with van der Waals surface area (Å²) in [7, 11) is 0. The highest BCUT2D eigenvalue weighted by Gasteiger charge is 2.68. The predicted molar refractivity (Wildman–Crippen MR) is 112 cm³/mol. The molecule has 1 saturated heterocycles. The van der Waals surface area contributed by atoms with Crippen LogP contribution in [0.2, 0.25) is 0 Å². The molecule has 2 amide bonds. The molecule has 32 heavy (non-hydrogen) atoms. The SMILES string of the molecule is O=C1[C@@H]2C3c4ccccc4C(Cl)(c4ccccc43)[C@H]2C(=O)N1c1cccc(C(F)(F)F)c1. The van der Waals surface area contributed by atoms with E-state index in [4.69, 9.17) is 11.6 Å². The fourth-order valence-electron chi connectivity index (χ4n) is 5.75. The predicted octanol–water partition coefficient (Wildman–Crippen LogP) is 5.45. The minimum absolute atomic E-state index is 0.0861. The summed E-state index contributed by atoms with van der Waals surface area (Å²) in [5.41, 5.74) is 2.32. The van der Waals surface area contributed by atoms with E-state index in [0.29, 0.717) is 0 Å². The topological polar surface area (TPSA) is 37.4 Å². The Labute approximate surface area is 186 Å². The van der Waals surface area contributed by atoms with Crippen LogP contribution in [0.1, 0.15) is 33.7 Å². The van der Waals surface area contributed by atoms with Crippen molar-refractivity contribution < 1.29 is 22.8 Å². The normalized spacial score (nSPS) is 27.9. The lowest BCUT2D eigenvalue weighted by molar-refractivity contribution is -0.137. The van der Waals surface area contributed by atoms with Crippen LogP contribution in [0.5, 0.6) is 0 Å². The Morgan fingerprint density at radius 1 is 0.812 bits per heavy atom. The Morgan fingerprint density at radius 2 is 1.41 bits per heavy atom. The van der Waals surface area contributed by atoms with Gasteiger partial charge in [-0.25, -0.2) is 4.90 Å². The average molecular weight is 454 g/mol. The van der Waals surface area contributed by atoms with Gasteiger partial charge in [0.25, 0.3) is 0 Å². The molecule has 0 aromatic heterocycles. The second kappa shape index (κ2) is 6.23. The van der Waals surface area contributed by atoms with E-state index in [1.54, 1.807) is 0 Å². The number of amides is 2. The molecule has 3 aromatic carbocycles. The molecule has 4 aliphatic rings. The lowest BCUT2D eigenvalue weighted by Crippen LogP contribution is -2.50.